The minimum Gasteiger partial charge on any atom is -0.359 e. The second-order valence-corrected chi connectivity index (χ2v) is 14.9. The summed E-state index contributed by atoms with van der Waals surface area (Å²) in [6, 6.07) is 2.22. The maximum absolute atomic E-state index is 14.4. The zero-order valence-corrected chi connectivity index (χ0v) is 23.4. The number of carbonyl (C=O) groups excluding carboxylic acids is 3. The Morgan fingerprint density at radius 3 is 2.30 bits per heavy atom. The molecular formula is C32H42N2O3. The Bertz CT molecular complexity index is 1230. The van der Waals surface area contributed by atoms with Gasteiger partial charge < -0.3 is 5.32 Å². The van der Waals surface area contributed by atoms with Crippen LogP contribution in [0.2, 0.25) is 0 Å². The predicted molar refractivity (Wildman–Crippen MR) is 141 cm³/mol. The second kappa shape index (κ2) is 7.25. The van der Waals surface area contributed by atoms with Crippen molar-refractivity contribution >= 4 is 17.5 Å². The zero-order valence-electron chi connectivity index (χ0n) is 23.4. The highest BCUT2D eigenvalue weighted by atomic mass is 16.2. The van der Waals surface area contributed by atoms with Gasteiger partial charge in [0.05, 0.1) is 11.0 Å². The van der Waals surface area contributed by atoms with Gasteiger partial charge in [0, 0.05) is 23.8 Å². The lowest BCUT2D eigenvalue weighted by Crippen LogP contribution is -2.66. The van der Waals surface area contributed by atoms with Gasteiger partial charge in [0.2, 0.25) is 5.91 Å². The largest absolute Gasteiger partial charge is 0.359 e. The minimum atomic E-state index is -0.476. The van der Waals surface area contributed by atoms with Crippen LogP contribution >= 0.6 is 0 Å². The molecule has 0 unspecified atom stereocenters. The van der Waals surface area contributed by atoms with Gasteiger partial charge in [0.15, 0.2) is 11.6 Å². The topological polar surface area (TPSA) is 87.0 Å². The first kappa shape index (κ1) is 25.1. The smallest absolute Gasteiger partial charge is 0.226 e. The first-order valence-electron chi connectivity index (χ1n) is 14.4. The van der Waals surface area contributed by atoms with E-state index in [0.29, 0.717) is 0 Å². The Balaban J connectivity index is 1.52. The molecule has 5 heteroatoms. The normalized spacial score (nSPS) is 46.8. The standard InChI is InChI=1S/C32H42N2O3/c1-27(2)9-11-31(26(37)34-6)12-10-30(5)24(20(31)17-27)21(35)15-23-28(3)16-19(18-33)25(36)32(13-14-32)22(28)7-8-29(23,30)4/h15-16,20,22,24H,7-14,17H2,1-6H3,(H,34,37)/t20-,22+,24-,28-,29+,30+,31-/m0/s1. The van der Waals surface area contributed by atoms with Gasteiger partial charge in [-0.1, -0.05) is 46.3 Å². The van der Waals surface area contributed by atoms with Crippen LogP contribution < -0.4 is 5.32 Å². The van der Waals surface area contributed by atoms with E-state index in [2.05, 4.69) is 46.0 Å². The number of nitrogens with zero attached hydrogens (tertiary/aromatic N) is 1. The fourth-order valence-electron chi connectivity index (χ4n) is 10.6. The summed E-state index contributed by atoms with van der Waals surface area (Å²) < 4.78 is 0. The van der Waals surface area contributed by atoms with Crippen LogP contribution in [0.5, 0.6) is 0 Å². The van der Waals surface area contributed by atoms with Crippen LogP contribution in [0.15, 0.2) is 23.3 Å². The summed E-state index contributed by atoms with van der Waals surface area (Å²) in [6.07, 6.45) is 11.9. The van der Waals surface area contributed by atoms with Gasteiger partial charge in [0.25, 0.3) is 0 Å². The van der Waals surface area contributed by atoms with E-state index in [-0.39, 0.29) is 57.0 Å². The molecule has 4 saturated carbocycles. The number of rotatable bonds is 1. The molecule has 0 aromatic rings. The molecule has 6 aliphatic rings. The van der Waals surface area contributed by atoms with Crippen molar-refractivity contribution in [3.63, 3.8) is 0 Å². The van der Waals surface area contributed by atoms with E-state index in [9.17, 15) is 19.6 Å². The molecule has 7 atom stereocenters. The highest BCUT2D eigenvalue weighted by Gasteiger charge is 2.72. The Kier molecular flexibility index (Phi) is 4.91. The van der Waals surface area contributed by atoms with Crippen molar-refractivity contribution < 1.29 is 14.4 Å². The fourth-order valence-corrected chi connectivity index (χ4v) is 10.6. The summed E-state index contributed by atoms with van der Waals surface area (Å²) in [4.78, 5) is 41.2. The number of hydrogen-bond acceptors (Lipinski definition) is 4. The molecule has 6 aliphatic carbocycles. The molecule has 0 aliphatic heterocycles. The number of carbonyl (C=O) groups is 3. The maximum atomic E-state index is 14.4. The highest BCUT2D eigenvalue weighted by molar-refractivity contribution is 6.06. The zero-order chi connectivity index (χ0) is 26.8. The number of hydrogen-bond donors (Lipinski definition) is 1. The molecule has 0 aromatic heterocycles. The van der Waals surface area contributed by atoms with Gasteiger partial charge in [0.1, 0.15) is 6.07 Å². The van der Waals surface area contributed by atoms with E-state index in [1.54, 1.807) is 7.05 Å². The monoisotopic (exact) mass is 502 g/mol. The molecule has 0 aromatic carbocycles. The molecule has 5 nitrogen and oxygen atoms in total. The number of ketones is 2. The number of fused-ring (bicyclic) bond motifs is 8. The average molecular weight is 503 g/mol. The predicted octanol–water partition coefficient (Wildman–Crippen LogP) is 5.71. The van der Waals surface area contributed by atoms with Crippen molar-refractivity contribution in [2.75, 3.05) is 7.05 Å². The van der Waals surface area contributed by atoms with Crippen LogP contribution in [0.1, 0.15) is 92.4 Å². The van der Waals surface area contributed by atoms with E-state index < -0.39 is 16.2 Å². The van der Waals surface area contributed by atoms with Crippen molar-refractivity contribution in [3.8, 4) is 6.07 Å². The van der Waals surface area contributed by atoms with Gasteiger partial charge in [-0.25, -0.2) is 0 Å². The fraction of sp³-hybridized carbons (Fsp3) is 0.750. The minimum absolute atomic E-state index is 0.0236. The van der Waals surface area contributed by atoms with E-state index in [1.165, 1.54) is 0 Å². The van der Waals surface area contributed by atoms with Crippen LogP contribution in [0.3, 0.4) is 0 Å². The summed E-state index contributed by atoms with van der Waals surface area (Å²) in [7, 11) is 1.74. The molecule has 4 fully saturated rings. The lowest BCUT2D eigenvalue weighted by atomic mass is 9.34. The summed E-state index contributed by atoms with van der Waals surface area (Å²) in [5, 5.41) is 12.9. The third-order valence-corrected chi connectivity index (χ3v) is 13.0. The Hall–Kier alpha value is -2.22. The van der Waals surface area contributed by atoms with Gasteiger partial charge in [-0.3, -0.25) is 14.4 Å². The van der Waals surface area contributed by atoms with Crippen LogP contribution in [-0.4, -0.2) is 24.5 Å². The molecule has 6 rings (SSSR count). The Morgan fingerprint density at radius 2 is 1.68 bits per heavy atom. The third kappa shape index (κ3) is 2.83. The molecule has 1 spiro atoms. The van der Waals surface area contributed by atoms with E-state index in [4.69, 9.17) is 0 Å². The van der Waals surface area contributed by atoms with Crippen molar-refractivity contribution in [1.82, 2.24) is 5.32 Å². The lowest BCUT2D eigenvalue weighted by Gasteiger charge is -2.68. The van der Waals surface area contributed by atoms with Gasteiger partial charge in [-0.05, 0) is 91.9 Å². The van der Waals surface area contributed by atoms with Crippen LogP contribution in [0.4, 0.5) is 0 Å². The summed E-state index contributed by atoms with van der Waals surface area (Å²) in [5.41, 5.74) is -0.305. The second-order valence-electron chi connectivity index (χ2n) is 14.9. The molecule has 0 bridgehead atoms. The Morgan fingerprint density at radius 1 is 1.00 bits per heavy atom. The number of amides is 1. The first-order valence-corrected chi connectivity index (χ1v) is 14.4. The van der Waals surface area contributed by atoms with Crippen LogP contribution in [0, 0.1) is 61.6 Å². The molecule has 0 heterocycles. The number of nitrogens with one attached hydrogen (secondary N) is 1. The number of nitriles is 1. The summed E-state index contributed by atoms with van der Waals surface area (Å²) in [5.74, 6) is 0.300. The van der Waals surface area contributed by atoms with Crippen LogP contribution in [0.25, 0.3) is 0 Å². The maximum Gasteiger partial charge on any atom is 0.226 e. The van der Waals surface area contributed by atoms with Crippen LogP contribution in [-0.2, 0) is 14.4 Å². The van der Waals surface area contributed by atoms with Crippen molar-refractivity contribution in [1.29, 1.82) is 5.26 Å². The summed E-state index contributed by atoms with van der Waals surface area (Å²) >= 11 is 0. The number of Topliss-reactive ketones (excluding diaryl/α,β-unsaturated/α-hetero) is 1. The molecule has 0 saturated heterocycles. The molecular weight excluding hydrogens is 460 g/mol. The van der Waals surface area contributed by atoms with Gasteiger partial charge in [-0.15, -0.1) is 0 Å². The van der Waals surface area contributed by atoms with Gasteiger partial charge >= 0.3 is 0 Å². The van der Waals surface area contributed by atoms with Crippen molar-refractivity contribution in [2.24, 2.45) is 50.2 Å². The van der Waals surface area contributed by atoms with E-state index in [0.717, 1.165) is 63.4 Å². The number of allylic oxidation sites excluding steroid dienone is 4. The summed E-state index contributed by atoms with van der Waals surface area (Å²) in [6.45, 7) is 11.5. The highest BCUT2D eigenvalue weighted by Crippen LogP contribution is 2.76. The SMILES string of the molecule is CNC(=O)[C@]12CCC(C)(C)C[C@H]1[C@H]1C(=O)C=C3[C@@]4(C)C=C(C#N)C(=O)C5(CC5)[C@@H]4CC[C@@]3(C)[C@]1(C)CC2. The lowest BCUT2D eigenvalue weighted by molar-refractivity contribution is -0.177. The van der Waals surface area contributed by atoms with Gasteiger partial charge in [-0.2, -0.15) is 5.26 Å². The Labute approximate surface area is 221 Å². The van der Waals surface area contributed by atoms with Crippen molar-refractivity contribution in [2.45, 2.75) is 92.4 Å². The molecule has 1 amide bonds. The third-order valence-electron chi connectivity index (χ3n) is 13.0. The van der Waals surface area contributed by atoms with Crippen molar-refractivity contribution in [3.05, 3.63) is 23.3 Å². The molecule has 1 N–H and O–H groups in total. The first-order chi connectivity index (χ1) is 17.2. The molecule has 0 radical (unpaired) electrons. The quantitative estimate of drug-likeness (QED) is 0.498. The molecule has 37 heavy (non-hydrogen) atoms. The average Bonchev–Trinajstić information content (AvgIpc) is 3.63. The van der Waals surface area contributed by atoms with E-state index in [1.807, 2.05) is 12.2 Å². The molecule has 198 valence electrons. The van der Waals surface area contributed by atoms with E-state index >= 15 is 0 Å².